The number of nitrogens with one attached hydrogen (secondary N) is 1. The fourth-order valence-electron chi connectivity index (χ4n) is 2.57. The lowest BCUT2D eigenvalue weighted by Crippen LogP contribution is -2.38. The van der Waals surface area contributed by atoms with Crippen LogP contribution < -0.4 is 14.8 Å². The minimum absolute atomic E-state index is 0.0931. The maximum absolute atomic E-state index is 12.1. The quantitative estimate of drug-likeness (QED) is 0.822. The van der Waals surface area contributed by atoms with Gasteiger partial charge in [-0.2, -0.15) is 0 Å². The molecule has 0 unspecified atom stereocenters. The van der Waals surface area contributed by atoms with Gasteiger partial charge in [0.1, 0.15) is 11.5 Å². The SMILES string of the molecule is COc1cc(NC(=O)CN2CCC[C@H]2CO)cc(OC)c1. The van der Waals surface area contributed by atoms with Crippen molar-refractivity contribution in [1.82, 2.24) is 4.90 Å². The van der Waals surface area contributed by atoms with Crippen LogP contribution in [-0.2, 0) is 4.79 Å². The van der Waals surface area contributed by atoms with E-state index in [0.717, 1.165) is 19.4 Å². The number of rotatable bonds is 6. The van der Waals surface area contributed by atoms with E-state index in [1.165, 1.54) is 0 Å². The summed E-state index contributed by atoms with van der Waals surface area (Å²) in [5, 5.41) is 12.1. The highest BCUT2D eigenvalue weighted by Gasteiger charge is 2.25. The van der Waals surface area contributed by atoms with Gasteiger partial charge in [0.2, 0.25) is 5.91 Å². The van der Waals surface area contributed by atoms with E-state index in [1.54, 1.807) is 32.4 Å². The monoisotopic (exact) mass is 294 g/mol. The highest BCUT2D eigenvalue weighted by Crippen LogP contribution is 2.26. The second kappa shape index (κ2) is 7.28. The van der Waals surface area contributed by atoms with Crippen LogP contribution in [-0.4, -0.2) is 55.9 Å². The third kappa shape index (κ3) is 4.09. The Bertz CT molecular complexity index is 470. The van der Waals surface area contributed by atoms with Gasteiger partial charge in [-0.25, -0.2) is 0 Å². The van der Waals surface area contributed by atoms with Crippen molar-refractivity contribution < 1.29 is 19.4 Å². The number of carbonyl (C=O) groups excluding carboxylic acids is 1. The molecule has 0 aromatic heterocycles. The highest BCUT2D eigenvalue weighted by molar-refractivity contribution is 5.92. The van der Waals surface area contributed by atoms with Gasteiger partial charge in [-0.3, -0.25) is 9.69 Å². The summed E-state index contributed by atoms with van der Waals surface area (Å²) in [4.78, 5) is 14.1. The van der Waals surface area contributed by atoms with E-state index in [0.29, 0.717) is 17.2 Å². The molecule has 2 rings (SSSR count). The number of ether oxygens (including phenoxy) is 2. The summed E-state index contributed by atoms with van der Waals surface area (Å²) in [5.41, 5.74) is 0.635. The van der Waals surface area contributed by atoms with Gasteiger partial charge >= 0.3 is 0 Å². The summed E-state index contributed by atoms with van der Waals surface area (Å²) in [7, 11) is 3.13. The number of anilines is 1. The van der Waals surface area contributed by atoms with Gasteiger partial charge < -0.3 is 19.9 Å². The number of hydrogen-bond acceptors (Lipinski definition) is 5. The number of carbonyl (C=O) groups is 1. The number of likely N-dealkylation sites (tertiary alicyclic amines) is 1. The fraction of sp³-hybridized carbons (Fsp3) is 0.533. The lowest BCUT2D eigenvalue weighted by molar-refractivity contribution is -0.117. The summed E-state index contributed by atoms with van der Waals surface area (Å²) in [6, 6.07) is 5.33. The summed E-state index contributed by atoms with van der Waals surface area (Å²) in [5.74, 6) is 1.14. The fourth-order valence-corrected chi connectivity index (χ4v) is 2.57. The van der Waals surface area contributed by atoms with Gasteiger partial charge in [0.15, 0.2) is 0 Å². The maximum Gasteiger partial charge on any atom is 0.238 e. The van der Waals surface area contributed by atoms with E-state index in [1.807, 2.05) is 4.90 Å². The number of benzene rings is 1. The van der Waals surface area contributed by atoms with Crippen molar-refractivity contribution in [3.63, 3.8) is 0 Å². The molecular formula is C15H22N2O4. The van der Waals surface area contributed by atoms with Crippen molar-refractivity contribution in [2.24, 2.45) is 0 Å². The molecule has 21 heavy (non-hydrogen) atoms. The first-order valence-corrected chi connectivity index (χ1v) is 7.04. The predicted octanol–water partition coefficient (Wildman–Crippen LogP) is 1.10. The molecule has 2 N–H and O–H groups in total. The van der Waals surface area contributed by atoms with Crippen LogP contribution in [0.4, 0.5) is 5.69 Å². The molecule has 1 aliphatic heterocycles. The highest BCUT2D eigenvalue weighted by atomic mass is 16.5. The Kier molecular flexibility index (Phi) is 5.41. The van der Waals surface area contributed by atoms with Crippen LogP contribution >= 0.6 is 0 Å². The van der Waals surface area contributed by atoms with Crippen molar-refractivity contribution in [1.29, 1.82) is 0 Å². The average molecular weight is 294 g/mol. The summed E-state index contributed by atoms with van der Waals surface area (Å²) >= 11 is 0. The molecule has 1 saturated heterocycles. The zero-order valence-electron chi connectivity index (χ0n) is 12.5. The predicted molar refractivity (Wildman–Crippen MR) is 79.9 cm³/mol. The average Bonchev–Trinajstić information content (AvgIpc) is 2.93. The number of aliphatic hydroxyl groups excluding tert-OH is 1. The zero-order chi connectivity index (χ0) is 15.2. The molecule has 0 radical (unpaired) electrons. The smallest absolute Gasteiger partial charge is 0.238 e. The molecule has 1 heterocycles. The minimum atomic E-state index is -0.106. The number of methoxy groups -OCH3 is 2. The first-order chi connectivity index (χ1) is 10.2. The lowest BCUT2D eigenvalue weighted by Gasteiger charge is -2.21. The van der Waals surface area contributed by atoms with Crippen molar-refractivity contribution >= 4 is 11.6 Å². The van der Waals surface area contributed by atoms with E-state index >= 15 is 0 Å². The van der Waals surface area contributed by atoms with E-state index < -0.39 is 0 Å². The standard InChI is InChI=1S/C15H22N2O4/c1-20-13-6-11(7-14(8-13)21-2)16-15(19)9-17-5-3-4-12(17)10-18/h6-8,12,18H,3-5,9-10H2,1-2H3,(H,16,19)/t12-/m0/s1. The molecule has 1 atom stereocenters. The minimum Gasteiger partial charge on any atom is -0.497 e. The summed E-state index contributed by atoms with van der Waals surface area (Å²) in [6.45, 7) is 1.23. The molecule has 6 heteroatoms. The second-order valence-corrected chi connectivity index (χ2v) is 5.10. The molecule has 1 aromatic rings. The van der Waals surface area contributed by atoms with Crippen LogP contribution in [0.25, 0.3) is 0 Å². The van der Waals surface area contributed by atoms with E-state index in [9.17, 15) is 9.90 Å². The summed E-state index contributed by atoms with van der Waals surface area (Å²) in [6.07, 6.45) is 1.96. The molecule has 1 aromatic carbocycles. The molecular weight excluding hydrogens is 272 g/mol. The normalized spacial score (nSPS) is 18.5. The molecule has 1 amide bonds. The first kappa shape index (κ1) is 15.6. The molecule has 0 spiro atoms. The molecule has 6 nitrogen and oxygen atoms in total. The third-order valence-electron chi connectivity index (χ3n) is 3.69. The van der Waals surface area contributed by atoms with Gasteiger partial charge in [0.05, 0.1) is 27.4 Å². The Balaban J connectivity index is 1.99. The topological polar surface area (TPSA) is 71.0 Å². The second-order valence-electron chi connectivity index (χ2n) is 5.10. The Morgan fingerprint density at radius 3 is 2.57 bits per heavy atom. The van der Waals surface area contributed by atoms with Crippen LogP contribution in [0.5, 0.6) is 11.5 Å². The number of hydrogen-bond donors (Lipinski definition) is 2. The van der Waals surface area contributed by atoms with Crippen molar-refractivity contribution in [2.75, 3.05) is 39.2 Å². The molecule has 1 fully saturated rings. The Labute approximate surface area is 124 Å². The number of aliphatic hydroxyl groups is 1. The van der Waals surface area contributed by atoms with E-state index in [4.69, 9.17) is 9.47 Å². The van der Waals surface area contributed by atoms with E-state index in [-0.39, 0.29) is 25.1 Å². The molecule has 1 aliphatic rings. The molecule has 0 aliphatic carbocycles. The Hall–Kier alpha value is -1.79. The van der Waals surface area contributed by atoms with Gasteiger partial charge in [0, 0.05) is 29.9 Å². The van der Waals surface area contributed by atoms with Crippen LogP contribution in [0, 0.1) is 0 Å². The maximum atomic E-state index is 12.1. The first-order valence-electron chi connectivity index (χ1n) is 7.04. The number of nitrogens with zero attached hydrogens (tertiary/aromatic N) is 1. The van der Waals surface area contributed by atoms with Crippen LogP contribution in [0.1, 0.15) is 12.8 Å². The van der Waals surface area contributed by atoms with Gasteiger partial charge in [-0.15, -0.1) is 0 Å². The summed E-state index contributed by atoms with van der Waals surface area (Å²) < 4.78 is 10.3. The molecule has 0 bridgehead atoms. The van der Waals surface area contributed by atoms with Gasteiger partial charge in [-0.1, -0.05) is 0 Å². The Morgan fingerprint density at radius 1 is 1.33 bits per heavy atom. The molecule has 116 valence electrons. The van der Waals surface area contributed by atoms with Crippen molar-refractivity contribution in [2.45, 2.75) is 18.9 Å². The number of amides is 1. The zero-order valence-corrected chi connectivity index (χ0v) is 12.5. The van der Waals surface area contributed by atoms with Gasteiger partial charge in [-0.05, 0) is 19.4 Å². The molecule has 0 saturated carbocycles. The largest absolute Gasteiger partial charge is 0.497 e. The van der Waals surface area contributed by atoms with Gasteiger partial charge in [0.25, 0.3) is 0 Å². The third-order valence-corrected chi connectivity index (χ3v) is 3.69. The lowest BCUT2D eigenvalue weighted by atomic mass is 10.2. The Morgan fingerprint density at radius 2 is 2.00 bits per heavy atom. The van der Waals surface area contributed by atoms with Crippen molar-refractivity contribution in [3.8, 4) is 11.5 Å². The van der Waals surface area contributed by atoms with Crippen LogP contribution in [0.3, 0.4) is 0 Å². The van der Waals surface area contributed by atoms with E-state index in [2.05, 4.69) is 5.32 Å². The van der Waals surface area contributed by atoms with Crippen LogP contribution in [0.15, 0.2) is 18.2 Å². The van der Waals surface area contributed by atoms with Crippen LogP contribution in [0.2, 0.25) is 0 Å². The van der Waals surface area contributed by atoms with Crippen molar-refractivity contribution in [3.05, 3.63) is 18.2 Å².